The van der Waals surface area contributed by atoms with E-state index in [-0.39, 0.29) is 11.3 Å². The molecule has 5 heteroatoms. The standard InChI is InChI=1S/C19H12N4O/c20-10-14-15(17(24)12-6-2-1-3-7-12)11-23-16-9-5-4-8-13(16)18(21)22-19(14)23/h1-9,11H,(H2,21,22). The number of nitriles is 1. The zero-order valence-corrected chi connectivity index (χ0v) is 12.6. The number of aromatic nitrogens is 2. The van der Waals surface area contributed by atoms with Crippen LogP contribution in [0.2, 0.25) is 0 Å². The van der Waals surface area contributed by atoms with Crippen LogP contribution in [0.25, 0.3) is 16.6 Å². The molecule has 0 amide bonds. The Kier molecular flexibility index (Phi) is 3.04. The highest BCUT2D eigenvalue weighted by Gasteiger charge is 2.21. The molecule has 0 fully saturated rings. The maximum Gasteiger partial charge on any atom is 0.195 e. The monoisotopic (exact) mass is 312 g/mol. The van der Waals surface area contributed by atoms with Gasteiger partial charge in [0.2, 0.25) is 0 Å². The molecule has 2 aromatic heterocycles. The van der Waals surface area contributed by atoms with Crippen molar-refractivity contribution in [2.24, 2.45) is 0 Å². The number of ketones is 1. The number of rotatable bonds is 2. The minimum absolute atomic E-state index is 0.208. The smallest absolute Gasteiger partial charge is 0.195 e. The predicted octanol–water partition coefficient (Wildman–Crippen LogP) is 3.17. The molecule has 0 aliphatic carbocycles. The van der Waals surface area contributed by atoms with Crippen molar-refractivity contribution in [2.45, 2.75) is 0 Å². The van der Waals surface area contributed by atoms with Gasteiger partial charge in [-0.2, -0.15) is 5.26 Å². The van der Waals surface area contributed by atoms with Crippen LogP contribution in [-0.2, 0) is 0 Å². The molecule has 0 bridgehead atoms. The van der Waals surface area contributed by atoms with Crippen LogP contribution in [0.3, 0.4) is 0 Å². The summed E-state index contributed by atoms with van der Waals surface area (Å²) in [4.78, 5) is 17.1. The highest BCUT2D eigenvalue weighted by molar-refractivity contribution is 6.12. The molecular formula is C19H12N4O. The summed E-state index contributed by atoms with van der Waals surface area (Å²) >= 11 is 0. The van der Waals surface area contributed by atoms with Gasteiger partial charge in [-0.15, -0.1) is 0 Å². The fourth-order valence-electron chi connectivity index (χ4n) is 2.89. The number of anilines is 1. The van der Waals surface area contributed by atoms with E-state index in [1.165, 1.54) is 0 Å². The Labute approximate surface area is 137 Å². The maximum absolute atomic E-state index is 12.8. The largest absolute Gasteiger partial charge is 0.383 e. The second-order valence-corrected chi connectivity index (χ2v) is 5.43. The van der Waals surface area contributed by atoms with Crippen LogP contribution >= 0.6 is 0 Å². The molecule has 0 unspecified atom stereocenters. The predicted molar refractivity (Wildman–Crippen MR) is 91.7 cm³/mol. The second kappa shape index (κ2) is 5.21. The number of fused-ring (bicyclic) bond motifs is 3. The summed E-state index contributed by atoms with van der Waals surface area (Å²) in [6, 6.07) is 18.5. The summed E-state index contributed by atoms with van der Waals surface area (Å²) in [5.41, 5.74) is 8.32. The lowest BCUT2D eigenvalue weighted by Crippen LogP contribution is -2.01. The molecule has 5 nitrogen and oxygen atoms in total. The molecular weight excluding hydrogens is 300 g/mol. The van der Waals surface area contributed by atoms with E-state index in [4.69, 9.17) is 5.73 Å². The van der Waals surface area contributed by atoms with Gasteiger partial charge in [0, 0.05) is 17.1 Å². The Morgan fingerprint density at radius 3 is 2.54 bits per heavy atom. The number of nitrogens with zero attached hydrogens (tertiary/aromatic N) is 3. The molecule has 0 aliphatic heterocycles. The molecule has 2 heterocycles. The molecule has 0 atom stereocenters. The number of para-hydroxylation sites is 1. The first-order valence-electron chi connectivity index (χ1n) is 7.40. The van der Waals surface area contributed by atoms with Gasteiger partial charge in [0.25, 0.3) is 0 Å². The van der Waals surface area contributed by atoms with Crippen LogP contribution in [0.15, 0.2) is 60.8 Å². The van der Waals surface area contributed by atoms with Crippen molar-refractivity contribution in [3.05, 3.63) is 77.5 Å². The van der Waals surface area contributed by atoms with Crippen molar-refractivity contribution in [1.82, 2.24) is 9.38 Å². The zero-order valence-electron chi connectivity index (χ0n) is 12.6. The molecule has 2 N–H and O–H groups in total. The van der Waals surface area contributed by atoms with Gasteiger partial charge in [0.05, 0.1) is 11.1 Å². The first-order valence-corrected chi connectivity index (χ1v) is 7.40. The van der Waals surface area contributed by atoms with Crippen molar-refractivity contribution in [2.75, 3.05) is 5.73 Å². The van der Waals surface area contributed by atoms with E-state index < -0.39 is 0 Å². The number of nitrogens with two attached hydrogens (primary N) is 1. The molecule has 0 spiro atoms. The van der Waals surface area contributed by atoms with Crippen LogP contribution in [0.1, 0.15) is 21.5 Å². The van der Waals surface area contributed by atoms with E-state index >= 15 is 0 Å². The molecule has 4 aromatic rings. The summed E-state index contributed by atoms with van der Waals surface area (Å²) in [5, 5.41) is 10.3. The van der Waals surface area contributed by atoms with E-state index in [2.05, 4.69) is 11.1 Å². The van der Waals surface area contributed by atoms with Crippen molar-refractivity contribution in [3.63, 3.8) is 0 Å². The van der Waals surface area contributed by atoms with Gasteiger partial charge in [-0.25, -0.2) is 4.98 Å². The number of carbonyl (C=O) groups excluding carboxylic acids is 1. The highest BCUT2D eigenvalue weighted by Crippen LogP contribution is 2.26. The Morgan fingerprint density at radius 1 is 1.08 bits per heavy atom. The summed E-state index contributed by atoms with van der Waals surface area (Å²) in [7, 11) is 0. The van der Waals surface area contributed by atoms with Crippen LogP contribution < -0.4 is 5.73 Å². The average Bonchev–Trinajstić information content (AvgIpc) is 3.00. The second-order valence-electron chi connectivity index (χ2n) is 5.43. The normalized spacial score (nSPS) is 10.8. The lowest BCUT2D eigenvalue weighted by Gasteiger charge is -2.04. The van der Waals surface area contributed by atoms with E-state index in [1.807, 2.05) is 30.3 Å². The fourth-order valence-corrected chi connectivity index (χ4v) is 2.89. The zero-order chi connectivity index (χ0) is 16.7. The third-order valence-corrected chi connectivity index (χ3v) is 4.04. The molecule has 114 valence electrons. The summed E-state index contributed by atoms with van der Waals surface area (Å²) < 4.78 is 1.75. The van der Waals surface area contributed by atoms with Crippen molar-refractivity contribution >= 4 is 28.2 Å². The molecule has 4 rings (SSSR count). The van der Waals surface area contributed by atoms with Gasteiger partial charge in [-0.05, 0) is 12.1 Å². The SMILES string of the molecule is N#Cc1c(C(=O)c2ccccc2)cn2c1nc(N)c1ccccc12. The van der Waals surface area contributed by atoms with Crippen LogP contribution in [0.5, 0.6) is 0 Å². The minimum Gasteiger partial charge on any atom is -0.383 e. The van der Waals surface area contributed by atoms with Gasteiger partial charge in [0.15, 0.2) is 11.4 Å². The quantitative estimate of drug-likeness (QED) is 0.576. The molecule has 2 aromatic carbocycles. The van der Waals surface area contributed by atoms with Crippen LogP contribution in [0, 0.1) is 11.3 Å². The lowest BCUT2D eigenvalue weighted by molar-refractivity contribution is 0.103. The number of nitrogen functional groups attached to an aromatic ring is 1. The van der Waals surface area contributed by atoms with E-state index in [0.717, 1.165) is 10.9 Å². The van der Waals surface area contributed by atoms with Crippen molar-refractivity contribution in [1.29, 1.82) is 5.26 Å². The minimum atomic E-state index is -0.208. The highest BCUT2D eigenvalue weighted by atomic mass is 16.1. The molecule has 0 saturated heterocycles. The van der Waals surface area contributed by atoms with Crippen LogP contribution in [-0.4, -0.2) is 15.2 Å². The van der Waals surface area contributed by atoms with Crippen molar-refractivity contribution < 1.29 is 4.79 Å². The third kappa shape index (κ3) is 1.94. The van der Waals surface area contributed by atoms with Crippen LogP contribution in [0.4, 0.5) is 5.82 Å². The van der Waals surface area contributed by atoms with Gasteiger partial charge in [-0.3, -0.25) is 9.20 Å². The molecule has 0 saturated carbocycles. The maximum atomic E-state index is 12.8. The van der Waals surface area contributed by atoms with Crippen molar-refractivity contribution in [3.8, 4) is 6.07 Å². The summed E-state index contributed by atoms with van der Waals surface area (Å²) in [5.74, 6) is 0.131. The topological polar surface area (TPSA) is 84.2 Å². The van der Waals surface area contributed by atoms with Gasteiger partial charge in [0.1, 0.15) is 17.5 Å². The Balaban J connectivity index is 2.06. The number of carbonyl (C=O) groups is 1. The Bertz CT molecular complexity index is 1140. The van der Waals surface area contributed by atoms with E-state index in [0.29, 0.717) is 22.6 Å². The molecule has 0 radical (unpaired) electrons. The molecule has 0 aliphatic rings. The summed E-state index contributed by atoms with van der Waals surface area (Å²) in [6.45, 7) is 0. The first kappa shape index (κ1) is 14.0. The lowest BCUT2D eigenvalue weighted by atomic mass is 10.0. The van der Waals surface area contributed by atoms with E-state index in [1.54, 1.807) is 34.9 Å². The third-order valence-electron chi connectivity index (χ3n) is 4.04. The van der Waals surface area contributed by atoms with Gasteiger partial charge < -0.3 is 5.73 Å². The Morgan fingerprint density at radius 2 is 1.79 bits per heavy atom. The van der Waals surface area contributed by atoms with Gasteiger partial charge >= 0.3 is 0 Å². The summed E-state index contributed by atoms with van der Waals surface area (Å²) in [6.07, 6.45) is 1.66. The van der Waals surface area contributed by atoms with Gasteiger partial charge in [-0.1, -0.05) is 42.5 Å². The Hall–Kier alpha value is -3.65. The average molecular weight is 312 g/mol. The number of hydrogen-bond donors (Lipinski definition) is 1. The fraction of sp³-hybridized carbons (Fsp3) is 0. The number of hydrogen-bond acceptors (Lipinski definition) is 4. The van der Waals surface area contributed by atoms with E-state index in [9.17, 15) is 10.1 Å². The number of benzene rings is 2. The first-order chi connectivity index (χ1) is 11.7. The molecule has 24 heavy (non-hydrogen) atoms.